The van der Waals surface area contributed by atoms with E-state index in [9.17, 15) is 24.3 Å². The Morgan fingerprint density at radius 3 is 2.74 bits per heavy atom. The van der Waals surface area contributed by atoms with Crippen molar-refractivity contribution in [1.29, 1.82) is 0 Å². The largest absolute Gasteiger partial charge is 0.480 e. The van der Waals surface area contributed by atoms with Crippen LogP contribution in [0.4, 0.5) is 0 Å². The average Bonchev–Trinajstić information content (AvgIpc) is 2.89. The SMILES string of the molecule is CCCc1cc(=O)oc2cc(C)cc(OC(C)C(=O)NCC(=O)NCC(=O)N3CC[C@@]4(O)CCCC[C@H]4C3)c12. The molecule has 0 bridgehead atoms. The number of benzene rings is 1. The van der Waals surface area contributed by atoms with Gasteiger partial charge >= 0.3 is 5.63 Å². The maximum atomic E-state index is 12.7. The van der Waals surface area contributed by atoms with Gasteiger partial charge in [0.05, 0.1) is 24.1 Å². The first-order valence-electron chi connectivity index (χ1n) is 13.9. The number of hydrogen-bond acceptors (Lipinski definition) is 7. The molecule has 2 heterocycles. The molecule has 1 aliphatic carbocycles. The van der Waals surface area contributed by atoms with E-state index in [2.05, 4.69) is 10.6 Å². The van der Waals surface area contributed by atoms with Gasteiger partial charge in [-0.05, 0) is 62.8 Å². The van der Waals surface area contributed by atoms with Crippen molar-refractivity contribution in [2.24, 2.45) is 5.92 Å². The molecule has 1 aromatic heterocycles. The Labute approximate surface area is 228 Å². The van der Waals surface area contributed by atoms with Gasteiger partial charge in [0.15, 0.2) is 6.10 Å². The Hall–Kier alpha value is -3.40. The Balaban J connectivity index is 1.28. The predicted molar refractivity (Wildman–Crippen MR) is 145 cm³/mol. The topological polar surface area (TPSA) is 138 Å². The Morgan fingerprint density at radius 1 is 1.18 bits per heavy atom. The molecule has 2 aliphatic rings. The average molecular weight is 542 g/mol. The van der Waals surface area contributed by atoms with Crippen LogP contribution in [0.3, 0.4) is 0 Å². The van der Waals surface area contributed by atoms with Crippen LogP contribution in [0.25, 0.3) is 11.0 Å². The number of likely N-dealkylation sites (tertiary alicyclic amines) is 1. The highest BCUT2D eigenvalue weighted by molar-refractivity contribution is 5.91. The van der Waals surface area contributed by atoms with Crippen LogP contribution >= 0.6 is 0 Å². The molecule has 2 aromatic rings. The molecule has 1 aromatic carbocycles. The summed E-state index contributed by atoms with van der Waals surface area (Å²) in [5.41, 5.74) is 0.898. The normalized spacial score (nSPS) is 21.6. The fraction of sp³-hybridized carbons (Fsp3) is 0.586. The molecule has 1 unspecified atom stereocenters. The molecule has 1 saturated heterocycles. The molecule has 10 nitrogen and oxygen atoms in total. The number of fused-ring (bicyclic) bond motifs is 2. The summed E-state index contributed by atoms with van der Waals surface area (Å²) in [6, 6.07) is 5.00. The van der Waals surface area contributed by atoms with Crippen molar-refractivity contribution >= 4 is 28.7 Å². The van der Waals surface area contributed by atoms with E-state index in [1.54, 1.807) is 24.0 Å². The van der Waals surface area contributed by atoms with Crippen LogP contribution < -0.4 is 21.0 Å². The number of piperidine rings is 1. The van der Waals surface area contributed by atoms with Gasteiger partial charge < -0.3 is 29.8 Å². The van der Waals surface area contributed by atoms with Gasteiger partial charge in [-0.3, -0.25) is 14.4 Å². The number of nitrogens with zero attached hydrogens (tertiary/aromatic N) is 1. The van der Waals surface area contributed by atoms with Crippen LogP contribution in [-0.2, 0) is 20.8 Å². The third kappa shape index (κ3) is 6.79. The second-order valence-electron chi connectivity index (χ2n) is 10.9. The molecule has 1 saturated carbocycles. The molecule has 39 heavy (non-hydrogen) atoms. The van der Waals surface area contributed by atoms with Gasteiger partial charge in [-0.15, -0.1) is 0 Å². The summed E-state index contributed by atoms with van der Waals surface area (Å²) in [4.78, 5) is 51.4. The number of ether oxygens (including phenoxy) is 1. The Morgan fingerprint density at radius 2 is 1.97 bits per heavy atom. The lowest BCUT2D eigenvalue weighted by atomic mass is 9.71. The van der Waals surface area contributed by atoms with Crippen molar-refractivity contribution < 1.29 is 28.6 Å². The van der Waals surface area contributed by atoms with E-state index in [-0.39, 0.29) is 24.9 Å². The number of amides is 3. The van der Waals surface area contributed by atoms with E-state index in [4.69, 9.17) is 9.15 Å². The zero-order chi connectivity index (χ0) is 28.2. The minimum atomic E-state index is -0.923. The van der Waals surface area contributed by atoms with E-state index < -0.39 is 29.1 Å². The zero-order valence-electron chi connectivity index (χ0n) is 23.0. The summed E-state index contributed by atoms with van der Waals surface area (Å²) in [6.45, 7) is 5.95. The number of nitrogens with one attached hydrogen (secondary N) is 2. The number of aliphatic hydroxyl groups is 1. The van der Waals surface area contributed by atoms with Gasteiger partial charge in [0.2, 0.25) is 11.8 Å². The molecule has 0 spiro atoms. The maximum Gasteiger partial charge on any atom is 0.336 e. The molecular weight excluding hydrogens is 502 g/mol. The first kappa shape index (κ1) is 28.6. The summed E-state index contributed by atoms with van der Waals surface area (Å²) >= 11 is 0. The van der Waals surface area contributed by atoms with Crippen LogP contribution in [0.2, 0.25) is 0 Å². The highest BCUT2D eigenvalue weighted by Crippen LogP contribution is 2.39. The standard InChI is InChI=1S/C29H39N3O7/c1-4-7-20-14-26(35)39-23-13-18(2)12-22(27(20)23)38-19(3)28(36)31-15-24(33)30-16-25(34)32-11-10-29(37)9-6-5-8-21(29)17-32/h12-14,19,21,37H,4-11,15-17H2,1-3H3,(H,30,33)(H,31,36)/t19?,21-,29-/m0/s1. The predicted octanol–water partition coefficient (Wildman–Crippen LogP) is 2.21. The quantitative estimate of drug-likeness (QED) is 0.414. The monoisotopic (exact) mass is 541 g/mol. The van der Waals surface area contributed by atoms with E-state index in [0.717, 1.165) is 43.2 Å². The summed E-state index contributed by atoms with van der Waals surface area (Å²) in [6.07, 6.45) is 4.89. The number of carbonyl (C=O) groups excluding carboxylic acids is 3. The summed E-state index contributed by atoms with van der Waals surface area (Å²) in [5.74, 6) is -0.655. The van der Waals surface area contributed by atoms with Crippen LogP contribution in [-0.4, -0.2) is 65.6 Å². The first-order valence-corrected chi connectivity index (χ1v) is 13.9. The first-order chi connectivity index (χ1) is 18.6. The van der Waals surface area contributed by atoms with Gasteiger partial charge in [-0.25, -0.2) is 4.79 Å². The van der Waals surface area contributed by atoms with Gasteiger partial charge in [0, 0.05) is 25.1 Å². The molecule has 2 fully saturated rings. The third-order valence-electron chi connectivity index (χ3n) is 7.87. The second kappa shape index (κ2) is 12.2. The molecule has 3 atom stereocenters. The molecule has 4 rings (SSSR count). The highest BCUT2D eigenvalue weighted by Gasteiger charge is 2.43. The minimum Gasteiger partial charge on any atom is -0.480 e. The van der Waals surface area contributed by atoms with Crippen molar-refractivity contribution in [3.05, 3.63) is 39.7 Å². The van der Waals surface area contributed by atoms with Gasteiger partial charge in [0.1, 0.15) is 11.3 Å². The molecule has 3 amide bonds. The smallest absolute Gasteiger partial charge is 0.336 e. The Bertz CT molecular complexity index is 1290. The molecular formula is C29H39N3O7. The molecule has 212 valence electrons. The Kier molecular flexibility index (Phi) is 8.94. The zero-order valence-corrected chi connectivity index (χ0v) is 23.0. The van der Waals surface area contributed by atoms with E-state index in [1.165, 1.54) is 6.07 Å². The van der Waals surface area contributed by atoms with Crippen LogP contribution in [0, 0.1) is 12.8 Å². The summed E-state index contributed by atoms with van der Waals surface area (Å²) in [7, 11) is 0. The number of carbonyl (C=O) groups is 3. The van der Waals surface area contributed by atoms with E-state index in [0.29, 0.717) is 42.6 Å². The highest BCUT2D eigenvalue weighted by atomic mass is 16.5. The fourth-order valence-corrected chi connectivity index (χ4v) is 5.73. The lowest BCUT2D eigenvalue weighted by molar-refractivity contribution is -0.143. The fourth-order valence-electron chi connectivity index (χ4n) is 5.73. The minimum absolute atomic E-state index is 0.0834. The van der Waals surface area contributed by atoms with Gasteiger partial charge in [-0.1, -0.05) is 26.2 Å². The van der Waals surface area contributed by atoms with Gasteiger partial charge in [-0.2, -0.15) is 0 Å². The molecule has 1 aliphatic heterocycles. The van der Waals surface area contributed by atoms with Crippen molar-refractivity contribution in [3.8, 4) is 5.75 Å². The molecule has 0 radical (unpaired) electrons. The number of rotatable bonds is 9. The lowest BCUT2D eigenvalue weighted by Crippen LogP contribution is -2.56. The second-order valence-corrected chi connectivity index (χ2v) is 10.9. The molecule has 3 N–H and O–H groups in total. The number of hydrogen-bond donors (Lipinski definition) is 3. The maximum absolute atomic E-state index is 12.7. The van der Waals surface area contributed by atoms with Crippen LogP contribution in [0.15, 0.2) is 27.4 Å². The van der Waals surface area contributed by atoms with Gasteiger partial charge in [0.25, 0.3) is 5.91 Å². The summed E-state index contributed by atoms with van der Waals surface area (Å²) < 4.78 is 11.4. The van der Waals surface area contributed by atoms with Crippen molar-refractivity contribution in [1.82, 2.24) is 15.5 Å². The molecule has 10 heteroatoms. The van der Waals surface area contributed by atoms with Crippen LogP contribution in [0.5, 0.6) is 5.75 Å². The lowest BCUT2D eigenvalue weighted by Gasteiger charge is -2.47. The van der Waals surface area contributed by atoms with Crippen LogP contribution in [0.1, 0.15) is 63.5 Å². The third-order valence-corrected chi connectivity index (χ3v) is 7.87. The number of aryl methyl sites for hydroxylation is 2. The van der Waals surface area contributed by atoms with Crippen molar-refractivity contribution in [2.75, 3.05) is 26.2 Å². The van der Waals surface area contributed by atoms with Crippen molar-refractivity contribution in [3.63, 3.8) is 0 Å². The summed E-state index contributed by atoms with van der Waals surface area (Å²) in [5, 5.41) is 16.6. The van der Waals surface area contributed by atoms with E-state index >= 15 is 0 Å². The van der Waals surface area contributed by atoms with Crippen molar-refractivity contribution in [2.45, 2.75) is 77.4 Å². The van der Waals surface area contributed by atoms with E-state index in [1.807, 2.05) is 13.8 Å².